The fourth-order valence-corrected chi connectivity index (χ4v) is 3.30. The fourth-order valence-electron chi connectivity index (χ4n) is 3.30. The number of benzene rings is 2. The molecule has 1 unspecified atom stereocenters. The first-order valence-electron chi connectivity index (χ1n) is 8.05. The van der Waals surface area contributed by atoms with Gasteiger partial charge in [0.25, 0.3) is 0 Å². The Labute approximate surface area is 140 Å². The molecule has 0 aliphatic carbocycles. The number of fused-ring (bicyclic) bond motifs is 3. The van der Waals surface area contributed by atoms with Crippen LogP contribution in [-0.2, 0) is 17.6 Å². The van der Waals surface area contributed by atoms with E-state index in [1.807, 2.05) is 60.1 Å². The molecule has 1 aliphatic heterocycles. The van der Waals surface area contributed by atoms with Gasteiger partial charge in [-0.05, 0) is 29.7 Å². The Morgan fingerprint density at radius 3 is 2.71 bits per heavy atom. The molecular weight excluding hydrogens is 300 g/mol. The highest BCUT2D eigenvalue weighted by atomic mass is 16.3. The van der Waals surface area contributed by atoms with Gasteiger partial charge in [0.05, 0.1) is 17.6 Å². The van der Waals surface area contributed by atoms with Gasteiger partial charge in [-0.1, -0.05) is 42.5 Å². The second kappa shape index (κ2) is 5.73. The third kappa shape index (κ3) is 2.45. The van der Waals surface area contributed by atoms with Crippen LogP contribution in [0, 0.1) is 6.92 Å². The van der Waals surface area contributed by atoms with Crippen molar-refractivity contribution in [1.29, 1.82) is 0 Å². The topological polar surface area (TPSA) is 55.1 Å². The third-order valence-electron chi connectivity index (χ3n) is 4.53. The SMILES string of the molecule is Cc1ccc2c(c1)-n1ncc(C(O)c3ccccc3)c1CC(=O)C2. The van der Waals surface area contributed by atoms with Crippen molar-refractivity contribution >= 4 is 5.78 Å². The van der Waals surface area contributed by atoms with Crippen LogP contribution in [0.15, 0.2) is 54.7 Å². The van der Waals surface area contributed by atoms with Crippen LogP contribution < -0.4 is 0 Å². The monoisotopic (exact) mass is 318 g/mol. The van der Waals surface area contributed by atoms with Gasteiger partial charge < -0.3 is 5.11 Å². The number of carbonyl (C=O) groups is 1. The van der Waals surface area contributed by atoms with E-state index in [1.165, 1.54) is 0 Å². The zero-order chi connectivity index (χ0) is 16.7. The van der Waals surface area contributed by atoms with Crippen molar-refractivity contribution < 1.29 is 9.90 Å². The average Bonchev–Trinajstić information content (AvgIpc) is 2.94. The van der Waals surface area contributed by atoms with Gasteiger partial charge >= 0.3 is 0 Å². The van der Waals surface area contributed by atoms with E-state index < -0.39 is 6.10 Å². The quantitative estimate of drug-likeness (QED) is 0.790. The first kappa shape index (κ1) is 14.8. The molecule has 0 saturated carbocycles. The second-order valence-electron chi connectivity index (χ2n) is 6.30. The summed E-state index contributed by atoms with van der Waals surface area (Å²) in [4.78, 5) is 12.4. The molecule has 1 atom stereocenters. The maximum atomic E-state index is 12.4. The Morgan fingerprint density at radius 1 is 1.12 bits per heavy atom. The van der Waals surface area contributed by atoms with Gasteiger partial charge in [-0.3, -0.25) is 4.79 Å². The van der Waals surface area contributed by atoms with Crippen molar-refractivity contribution in [3.8, 4) is 5.69 Å². The predicted molar refractivity (Wildman–Crippen MR) is 91.2 cm³/mol. The van der Waals surface area contributed by atoms with E-state index in [0.29, 0.717) is 12.0 Å². The largest absolute Gasteiger partial charge is 0.384 e. The Morgan fingerprint density at radius 2 is 1.92 bits per heavy atom. The molecule has 2 heterocycles. The summed E-state index contributed by atoms with van der Waals surface area (Å²) in [7, 11) is 0. The lowest BCUT2D eigenvalue weighted by Gasteiger charge is -2.13. The van der Waals surface area contributed by atoms with Crippen LogP contribution >= 0.6 is 0 Å². The maximum Gasteiger partial charge on any atom is 0.143 e. The predicted octanol–water partition coefficient (Wildman–Crippen LogP) is 2.93. The van der Waals surface area contributed by atoms with Crippen molar-refractivity contribution in [2.75, 3.05) is 0 Å². The van der Waals surface area contributed by atoms with E-state index in [1.54, 1.807) is 6.20 Å². The molecule has 0 bridgehead atoms. The summed E-state index contributed by atoms with van der Waals surface area (Å²) in [6, 6.07) is 15.5. The van der Waals surface area contributed by atoms with Crippen LogP contribution in [0.1, 0.15) is 34.1 Å². The average molecular weight is 318 g/mol. The molecule has 4 heteroatoms. The van der Waals surface area contributed by atoms with Gasteiger partial charge in [-0.2, -0.15) is 5.10 Å². The van der Waals surface area contributed by atoms with Crippen molar-refractivity contribution in [2.45, 2.75) is 25.9 Å². The van der Waals surface area contributed by atoms with Crippen molar-refractivity contribution in [3.05, 3.63) is 82.7 Å². The Hall–Kier alpha value is -2.72. The summed E-state index contributed by atoms with van der Waals surface area (Å²) in [5.74, 6) is 0.140. The molecule has 0 saturated heterocycles. The number of aliphatic hydroxyl groups is 1. The van der Waals surface area contributed by atoms with E-state index >= 15 is 0 Å². The number of carbonyl (C=O) groups excluding carboxylic acids is 1. The minimum absolute atomic E-state index is 0.140. The van der Waals surface area contributed by atoms with E-state index in [4.69, 9.17) is 0 Å². The number of Topliss-reactive ketones (excluding diaryl/α,β-unsaturated/α-hetero) is 1. The molecule has 4 rings (SSSR count). The third-order valence-corrected chi connectivity index (χ3v) is 4.53. The summed E-state index contributed by atoms with van der Waals surface area (Å²) in [6.07, 6.45) is 1.58. The Kier molecular flexibility index (Phi) is 3.54. The Balaban J connectivity index is 1.87. The van der Waals surface area contributed by atoms with E-state index in [0.717, 1.165) is 28.1 Å². The Bertz CT molecular complexity index is 913. The van der Waals surface area contributed by atoms with Crippen LogP contribution in [0.25, 0.3) is 5.69 Å². The van der Waals surface area contributed by atoms with Crippen LogP contribution in [0.3, 0.4) is 0 Å². The van der Waals surface area contributed by atoms with E-state index in [2.05, 4.69) is 5.10 Å². The highest BCUT2D eigenvalue weighted by Gasteiger charge is 2.26. The van der Waals surface area contributed by atoms with Crippen LogP contribution in [0.2, 0.25) is 0 Å². The minimum Gasteiger partial charge on any atom is -0.384 e. The molecule has 0 fully saturated rings. The molecular formula is C20H18N2O2. The van der Waals surface area contributed by atoms with Gasteiger partial charge in [0.1, 0.15) is 11.9 Å². The van der Waals surface area contributed by atoms with Crippen LogP contribution in [0.4, 0.5) is 0 Å². The number of hydrogen-bond acceptors (Lipinski definition) is 3. The number of nitrogens with zero attached hydrogens (tertiary/aromatic N) is 2. The molecule has 120 valence electrons. The summed E-state index contributed by atoms with van der Waals surface area (Å²) in [5, 5.41) is 15.2. The van der Waals surface area contributed by atoms with Gasteiger partial charge in [0.2, 0.25) is 0 Å². The highest BCUT2D eigenvalue weighted by Crippen LogP contribution is 2.30. The number of aromatic nitrogens is 2. The lowest BCUT2D eigenvalue weighted by molar-refractivity contribution is -0.117. The standard InChI is InChI=1S/C20H18N2O2/c1-13-7-8-15-10-16(23)11-19-17(12-21-22(19)18(15)9-13)20(24)14-5-3-2-4-6-14/h2-9,12,20,24H,10-11H2,1H3. The smallest absolute Gasteiger partial charge is 0.143 e. The molecule has 3 aromatic rings. The van der Waals surface area contributed by atoms with Crippen LogP contribution in [-0.4, -0.2) is 20.7 Å². The minimum atomic E-state index is -0.783. The summed E-state index contributed by atoms with van der Waals surface area (Å²) >= 11 is 0. The molecule has 4 nitrogen and oxygen atoms in total. The zero-order valence-electron chi connectivity index (χ0n) is 13.4. The van der Waals surface area contributed by atoms with Gasteiger partial charge in [-0.25, -0.2) is 4.68 Å². The lowest BCUT2D eigenvalue weighted by Crippen LogP contribution is -2.09. The fraction of sp³-hybridized carbons (Fsp3) is 0.200. The molecule has 0 amide bonds. The molecule has 0 radical (unpaired) electrons. The van der Waals surface area contributed by atoms with Crippen molar-refractivity contribution in [2.24, 2.45) is 0 Å². The highest BCUT2D eigenvalue weighted by molar-refractivity contribution is 5.85. The molecule has 0 spiro atoms. The van der Waals surface area contributed by atoms with E-state index in [-0.39, 0.29) is 12.2 Å². The zero-order valence-corrected chi connectivity index (χ0v) is 13.4. The molecule has 2 aromatic carbocycles. The number of aryl methyl sites for hydroxylation is 1. The number of rotatable bonds is 2. The van der Waals surface area contributed by atoms with Gasteiger partial charge in [0.15, 0.2) is 0 Å². The van der Waals surface area contributed by atoms with Crippen molar-refractivity contribution in [3.63, 3.8) is 0 Å². The lowest BCUT2D eigenvalue weighted by atomic mass is 9.99. The second-order valence-corrected chi connectivity index (χ2v) is 6.30. The maximum absolute atomic E-state index is 12.4. The normalized spacial score (nSPS) is 14.7. The summed E-state index contributed by atoms with van der Waals surface area (Å²) in [5.41, 5.74) is 5.31. The van der Waals surface area contributed by atoms with E-state index in [9.17, 15) is 9.90 Å². The van der Waals surface area contributed by atoms with Crippen molar-refractivity contribution in [1.82, 2.24) is 9.78 Å². The van der Waals surface area contributed by atoms with Gasteiger partial charge in [-0.15, -0.1) is 0 Å². The molecule has 1 aliphatic rings. The van der Waals surface area contributed by atoms with Crippen LogP contribution in [0.5, 0.6) is 0 Å². The number of hydrogen-bond donors (Lipinski definition) is 1. The summed E-state index contributed by atoms with van der Waals surface area (Å²) in [6.45, 7) is 2.02. The number of ketones is 1. The van der Waals surface area contributed by atoms with Gasteiger partial charge in [0, 0.05) is 18.4 Å². The summed E-state index contributed by atoms with van der Waals surface area (Å²) < 4.78 is 1.81. The molecule has 1 N–H and O–H groups in total. The first-order chi connectivity index (χ1) is 11.6. The number of aliphatic hydroxyl groups excluding tert-OH is 1. The first-order valence-corrected chi connectivity index (χ1v) is 8.05. The molecule has 24 heavy (non-hydrogen) atoms. The molecule has 1 aromatic heterocycles.